The molecule has 0 spiro atoms. The number of halogens is 3. The maximum Gasteiger partial charge on any atom is 0.310 e. The van der Waals surface area contributed by atoms with Crippen molar-refractivity contribution in [2.75, 3.05) is 5.33 Å². The summed E-state index contributed by atoms with van der Waals surface area (Å²) >= 11 is 10.0. The molecular formula is C10H11Br3O3. The predicted octanol–water partition coefficient (Wildman–Crippen LogP) is 2.78. The fraction of sp³-hybridized carbons (Fsp3) is 0.800. The third-order valence-electron chi connectivity index (χ3n) is 3.82. The summed E-state index contributed by atoms with van der Waals surface area (Å²) < 4.78 is 4.54. The first kappa shape index (κ1) is 13.0. The average molecular weight is 419 g/mol. The van der Waals surface area contributed by atoms with Crippen molar-refractivity contribution in [2.45, 2.75) is 29.1 Å². The molecule has 3 nitrogen and oxygen atoms in total. The molecule has 1 heterocycles. The van der Waals surface area contributed by atoms with Crippen LogP contribution in [0.3, 0.4) is 0 Å². The van der Waals surface area contributed by atoms with Crippen molar-refractivity contribution >= 4 is 59.5 Å². The van der Waals surface area contributed by atoms with Gasteiger partial charge in [-0.15, -0.1) is 0 Å². The van der Waals surface area contributed by atoms with E-state index in [4.69, 9.17) is 4.74 Å². The Bertz CT molecular complexity index is 378. The minimum atomic E-state index is -1.07. The third kappa shape index (κ3) is 1.35. The molecule has 1 aliphatic heterocycles. The lowest BCUT2D eigenvalue weighted by molar-refractivity contribution is -0.158. The van der Waals surface area contributed by atoms with Crippen LogP contribution in [0.5, 0.6) is 0 Å². The maximum absolute atomic E-state index is 12.4. The van der Waals surface area contributed by atoms with Gasteiger partial charge in [-0.1, -0.05) is 61.6 Å². The minimum absolute atomic E-state index is 0.121. The van der Waals surface area contributed by atoms with Crippen LogP contribution in [0.15, 0.2) is 0 Å². The van der Waals surface area contributed by atoms with E-state index in [0.717, 1.165) is 0 Å². The molecule has 2 fully saturated rings. The molecular weight excluding hydrogens is 408 g/mol. The molecule has 2 rings (SSSR count). The molecule has 0 amide bonds. The summed E-state index contributed by atoms with van der Waals surface area (Å²) in [5.74, 6) is -0.663. The second-order valence-electron chi connectivity index (χ2n) is 4.89. The van der Waals surface area contributed by atoms with E-state index >= 15 is 0 Å². The van der Waals surface area contributed by atoms with Gasteiger partial charge >= 0.3 is 5.97 Å². The van der Waals surface area contributed by atoms with Gasteiger partial charge in [0.05, 0.1) is 11.2 Å². The molecule has 0 unspecified atom stereocenters. The number of esters is 1. The summed E-state index contributed by atoms with van der Waals surface area (Å²) in [7, 11) is 0. The van der Waals surface area contributed by atoms with Gasteiger partial charge in [-0.3, -0.25) is 9.59 Å². The highest BCUT2D eigenvalue weighted by Crippen LogP contribution is 2.60. The topological polar surface area (TPSA) is 43.4 Å². The van der Waals surface area contributed by atoms with Crippen LogP contribution in [-0.4, -0.2) is 25.9 Å². The average Bonchev–Trinajstić information content (AvgIpc) is 2.31. The standard InChI is InChI=1S/C10H11Br3O3/c1-8(2)5-3-10(12,13)7(15)9(8,4-11)16-6(5)14/h5H,3-4H2,1-2H3/t5-,9-/m0/s1. The van der Waals surface area contributed by atoms with Gasteiger partial charge in [0, 0.05) is 5.41 Å². The van der Waals surface area contributed by atoms with Gasteiger partial charge in [0.25, 0.3) is 0 Å². The molecule has 1 saturated heterocycles. The molecule has 6 heteroatoms. The normalized spacial score (nSPS) is 39.7. The van der Waals surface area contributed by atoms with Crippen LogP contribution < -0.4 is 0 Å². The fourth-order valence-corrected chi connectivity index (χ4v) is 4.91. The van der Waals surface area contributed by atoms with Gasteiger partial charge in [0.15, 0.2) is 5.60 Å². The molecule has 0 radical (unpaired) electrons. The van der Waals surface area contributed by atoms with Gasteiger partial charge in [-0.05, 0) is 6.42 Å². The van der Waals surface area contributed by atoms with E-state index in [2.05, 4.69) is 47.8 Å². The van der Waals surface area contributed by atoms with E-state index in [1.54, 1.807) is 0 Å². The quantitative estimate of drug-likeness (QED) is 0.486. The number of Topliss-reactive ketones (excluding diaryl/α,β-unsaturated/α-hetero) is 1. The van der Waals surface area contributed by atoms with Crippen molar-refractivity contribution < 1.29 is 14.3 Å². The summed E-state index contributed by atoms with van der Waals surface area (Å²) in [5, 5.41) is 0.326. The van der Waals surface area contributed by atoms with Gasteiger partial charge < -0.3 is 4.74 Å². The Balaban J connectivity index is 2.61. The Kier molecular flexibility index (Phi) is 2.88. The van der Waals surface area contributed by atoms with E-state index < -0.39 is 14.2 Å². The second kappa shape index (κ2) is 3.54. The molecule has 0 aromatic carbocycles. The molecule has 2 aliphatic rings. The molecule has 1 saturated carbocycles. The van der Waals surface area contributed by atoms with E-state index in [1.807, 2.05) is 13.8 Å². The Morgan fingerprint density at radius 2 is 1.94 bits per heavy atom. The zero-order chi connectivity index (χ0) is 12.4. The van der Waals surface area contributed by atoms with Crippen LogP contribution in [0.25, 0.3) is 0 Å². The van der Waals surface area contributed by atoms with Gasteiger partial charge in [-0.25, -0.2) is 0 Å². The van der Waals surface area contributed by atoms with Crippen LogP contribution in [0, 0.1) is 11.3 Å². The van der Waals surface area contributed by atoms with Crippen LogP contribution >= 0.6 is 47.8 Å². The number of ether oxygens (including phenoxy) is 1. The lowest BCUT2D eigenvalue weighted by atomic mass is 9.62. The molecule has 2 atom stereocenters. The smallest absolute Gasteiger partial charge is 0.310 e. The SMILES string of the molecule is CC1(C)[C@H]2CC(Br)(Br)C(=O)[C@]1(CBr)OC2=O. The van der Waals surface area contributed by atoms with E-state index in [-0.39, 0.29) is 17.7 Å². The van der Waals surface area contributed by atoms with Crippen molar-refractivity contribution in [3.63, 3.8) is 0 Å². The van der Waals surface area contributed by atoms with Crippen molar-refractivity contribution in [1.82, 2.24) is 0 Å². The van der Waals surface area contributed by atoms with Crippen molar-refractivity contribution in [3.8, 4) is 0 Å². The largest absolute Gasteiger partial charge is 0.449 e. The highest BCUT2D eigenvalue weighted by molar-refractivity contribution is 9.26. The zero-order valence-corrected chi connectivity index (χ0v) is 13.6. The number of ketones is 1. The van der Waals surface area contributed by atoms with E-state index in [1.165, 1.54) is 0 Å². The van der Waals surface area contributed by atoms with E-state index in [0.29, 0.717) is 11.8 Å². The number of rotatable bonds is 1. The van der Waals surface area contributed by atoms with Gasteiger partial charge in [0.1, 0.15) is 3.23 Å². The van der Waals surface area contributed by atoms with Crippen LogP contribution in [0.1, 0.15) is 20.3 Å². The highest BCUT2D eigenvalue weighted by atomic mass is 79.9. The third-order valence-corrected chi connectivity index (χ3v) is 5.98. The number of hydrogen-bond donors (Lipinski definition) is 0. The second-order valence-corrected chi connectivity index (χ2v) is 9.23. The Morgan fingerprint density at radius 3 is 2.44 bits per heavy atom. The summed E-state index contributed by atoms with van der Waals surface area (Å²) in [6.07, 6.45) is 0.423. The first-order valence-electron chi connectivity index (χ1n) is 4.90. The lowest BCUT2D eigenvalue weighted by Gasteiger charge is -2.45. The molecule has 1 aliphatic carbocycles. The van der Waals surface area contributed by atoms with Crippen molar-refractivity contribution in [2.24, 2.45) is 11.3 Å². The molecule has 0 N–H and O–H groups in total. The monoisotopic (exact) mass is 416 g/mol. The highest BCUT2D eigenvalue weighted by Gasteiger charge is 2.72. The summed E-state index contributed by atoms with van der Waals surface area (Å²) in [4.78, 5) is 24.2. The van der Waals surface area contributed by atoms with Gasteiger partial charge in [0.2, 0.25) is 5.78 Å². The van der Waals surface area contributed by atoms with E-state index in [9.17, 15) is 9.59 Å². The zero-order valence-electron chi connectivity index (χ0n) is 8.85. The molecule has 0 aromatic rings. The summed E-state index contributed by atoms with van der Waals surface area (Å²) in [6, 6.07) is 0. The predicted molar refractivity (Wildman–Crippen MR) is 70.1 cm³/mol. The first-order valence-corrected chi connectivity index (χ1v) is 7.61. The molecule has 2 bridgehead atoms. The first-order chi connectivity index (χ1) is 7.19. The number of hydrogen-bond acceptors (Lipinski definition) is 3. The summed E-state index contributed by atoms with van der Waals surface area (Å²) in [5.41, 5.74) is -1.55. The Morgan fingerprint density at radius 1 is 1.38 bits per heavy atom. The minimum Gasteiger partial charge on any atom is -0.449 e. The van der Waals surface area contributed by atoms with Crippen molar-refractivity contribution in [3.05, 3.63) is 0 Å². The molecule has 90 valence electrons. The van der Waals surface area contributed by atoms with Gasteiger partial charge in [-0.2, -0.15) is 0 Å². The lowest BCUT2D eigenvalue weighted by Crippen LogP contribution is -2.61. The number of alkyl halides is 3. The number of carbonyl (C=O) groups is 2. The molecule has 16 heavy (non-hydrogen) atoms. The van der Waals surface area contributed by atoms with Crippen molar-refractivity contribution in [1.29, 1.82) is 0 Å². The fourth-order valence-electron chi connectivity index (χ4n) is 2.53. The van der Waals surface area contributed by atoms with Crippen LogP contribution in [0.2, 0.25) is 0 Å². The Labute approximate surface area is 119 Å². The summed E-state index contributed by atoms with van der Waals surface area (Å²) in [6.45, 7) is 3.83. The number of fused-ring (bicyclic) bond motifs is 2. The Hall–Kier alpha value is 0.580. The maximum atomic E-state index is 12.4. The van der Waals surface area contributed by atoms with Crippen LogP contribution in [0.4, 0.5) is 0 Å². The van der Waals surface area contributed by atoms with Crippen LogP contribution in [-0.2, 0) is 14.3 Å². The molecule has 0 aromatic heterocycles. The number of carbonyl (C=O) groups excluding carboxylic acids is 2.